The molecule has 1 aliphatic rings. The van der Waals surface area contributed by atoms with Crippen LogP contribution in [0.25, 0.3) is 0 Å². The number of aliphatic hydroxyl groups excluding tert-OH is 3. The highest BCUT2D eigenvalue weighted by molar-refractivity contribution is 4.93. The Hall–Kier alpha value is -0.200. The SMILES string of the molecule is C[C@H]1O[C@](O)(CO)[C@@H](O)[C@H]1O. The fourth-order valence-electron chi connectivity index (χ4n) is 1.12. The first kappa shape index (κ1) is 8.89. The summed E-state index contributed by atoms with van der Waals surface area (Å²) >= 11 is 0. The maximum Gasteiger partial charge on any atom is 0.219 e. The molecule has 0 aromatic rings. The van der Waals surface area contributed by atoms with Gasteiger partial charge in [0.25, 0.3) is 0 Å². The van der Waals surface area contributed by atoms with E-state index in [2.05, 4.69) is 0 Å². The van der Waals surface area contributed by atoms with Crippen LogP contribution in [0.1, 0.15) is 6.92 Å². The molecule has 0 amide bonds. The van der Waals surface area contributed by atoms with Crippen LogP contribution < -0.4 is 0 Å². The van der Waals surface area contributed by atoms with E-state index < -0.39 is 30.7 Å². The van der Waals surface area contributed by atoms with Gasteiger partial charge in [-0.05, 0) is 6.92 Å². The van der Waals surface area contributed by atoms with Gasteiger partial charge in [-0.3, -0.25) is 0 Å². The van der Waals surface area contributed by atoms with E-state index in [-0.39, 0.29) is 0 Å². The Labute approximate surface area is 63.8 Å². The molecular weight excluding hydrogens is 152 g/mol. The molecule has 0 aromatic carbocycles. The second-order valence-corrected chi connectivity index (χ2v) is 2.76. The van der Waals surface area contributed by atoms with Crippen LogP contribution in [0.4, 0.5) is 0 Å². The predicted molar refractivity (Wildman–Crippen MR) is 34.6 cm³/mol. The molecule has 1 fully saturated rings. The van der Waals surface area contributed by atoms with Crippen LogP contribution in [0.2, 0.25) is 0 Å². The van der Waals surface area contributed by atoms with Crippen LogP contribution in [-0.4, -0.2) is 51.1 Å². The van der Waals surface area contributed by atoms with Crippen LogP contribution >= 0.6 is 0 Å². The first-order valence-corrected chi connectivity index (χ1v) is 3.38. The smallest absolute Gasteiger partial charge is 0.219 e. The molecule has 5 nitrogen and oxygen atoms in total. The highest BCUT2D eigenvalue weighted by atomic mass is 16.7. The molecule has 4 N–H and O–H groups in total. The fraction of sp³-hybridized carbons (Fsp3) is 1.00. The van der Waals surface area contributed by atoms with Crippen LogP contribution in [0, 0.1) is 0 Å². The summed E-state index contributed by atoms with van der Waals surface area (Å²) in [6.07, 6.45) is -3.25. The van der Waals surface area contributed by atoms with Crippen LogP contribution in [0.3, 0.4) is 0 Å². The predicted octanol–water partition coefficient (Wildman–Crippen LogP) is -2.19. The van der Waals surface area contributed by atoms with Crippen molar-refractivity contribution in [1.29, 1.82) is 0 Å². The number of hydrogen-bond donors (Lipinski definition) is 4. The van der Waals surface area contributed by atoms with E-state index in [9.17, 15) is 5.11 Å². The molecule has 1 saturated heterocycles. The van der Waals surface area contributed by atoms with Gasteiger partial charge in [0.2, 0.25) is 5.79 Å². The maximum absolute atomic E-state index is 9.23. The molecule has 1 aliphatic heterocycles. The van der Waals surface area contributed by atoms with Gasteiger partial charge in [-0.15, -0.1) is 0 Å². The second kappa shape index (κ2) is 2.69. The van der Waals surface area contributed by atoms with Crippen molar-refractivity contribution < 1.29 is 25.2 Å². The maximum atomic E-state index is 9.23. The molecule has 0 radical (unpaired) electrons. The van der Waals surface area contributed by atoms with E-state index in [4.69, 9.17) is 20.1 Å². The summed E-state index contributed by atoms with van der Waals surface area (Å²) in [7, 11) is 0. The summed E-state index contributed by atoms with van der Waals surface area (Å²) in [6, 6.07) is 0. The lowest BCUT2D eigenvalue weighted by Crippen LogP contribution is -2.46. The first-order chi connectivity index (χ1) is 5.01. The van der Waals surface area contributed by atoms with E-state index >= 15 is 0 Å². The van der Waals surface area contributed by atoms with Crippen molar-refractivity contribution in [1.82, 2.24) is 0 Å². The van der Waals surface area contributed by atoms with Crippen molar-refractivity contribution in [2.24, 2.45) is 0 Å². The van der Waals surface area contributed by atoms with Crippen molar-refractivity contribution >= 4 is 0 Å². The molecule has 66 valence electrons. The lowest BCUT2D eigenvalue weighted by molar-refractivity contribution is -0.243. The van der Waals surface area contributed by atoms with Crippen LogP contribution in [0.5, 0.6) is 0 Å². The van der Waals surface area contributed by atoms with Crippen molar-refractivity contribution in [2.45, 2.75) is 31.0 Å². The zero-order valence-corrected chi connectivity index (χ0v) is 6.14. The molecule has 0 aromatic heterocycles. The zero-order chi connectivity index (χ0) is 8.65. The van der Waals surface area contributed by atoms with Gasteiger partial charge in [0.05, 0.1) is 12.7 Å². The Balaban J connectivity index is 2.73. The van der Waals surface area contributed by atoms with Gasteiger partial charge in [0, 0.05) is 0 Å². The third-order valence-corrected chi connectivity index (χ3v) is 1.88. The molecule has 0 saturated carbocycles. The van der Waals surface area contributed by atoms with E-state index in [1.54, 1.807) is 0 Å². The van der Waals surface area contributed by atoms with Crippen molar-refractivity contribution in [3.05, 3.63) is 0 Å². The minimum Gasteiger partial charge on any atom is -0.391 e. The van der Waals surface area contributed by atoms with Crippen LogP contribution in [-0.2, 0) is 4.74 Å². The molecule has 0 aliphatic carbocycles. The Kier molecular flexibility index (Phi) is 2.17. The van der Waals surface area contributed by atoms with E-state index in [1.807, 2.05) is 0 Å². The lowest BCUT2D eigenvalue weighted by Gasteiger charge is -2.22. The summed E-state index contributed by atoms with van der Waals surface area (Å²) in [5, 5.41) is 36.0. The third kappa shape index (κ3) is 1.25. The molecule has 0 bridgehead atoms. The number of ether oxygens (including phenoxy) is 1. The normalized spacial score (nSPS) is 51.5. The summed E-state index contributed by atoms with van der Waals surface area (Å²) in [6.45, 7) is 0.775. The van der Waals surface area contributed by atoms with Gasteiger partial charge in [0.15, 0.2) is 0 Å². The standard InChI is InChI=1S/C6H12O5/c1-3-4(8)5(9)6(10,2-7)11-3/h3-5,7-10H,2H2,1H3/t3-,4+,5+,6-/m1/s1. The van der Waals surface area contributed by atoms with Gasteiger partial charge in [-0.1, -0.05) is 0 Å². The molecule has 5 heteroatoms. The van der Waals surface area contributed by atoms with Crippen molar-refractivity contribution in [3.63, 3.8) is 0 Å². The molecule has 4 atom stereocenters. The molecule has 0 unspecified atom stereocenters. The quantitative estimate of drug-likeness (QED) is 0.353. The average Bonchev–Trinajstić information content (AvgIpc) is 2.17. The summed E-state index contributed by atoms with van der Waals surface area (Å²) in [4.78, 5) is 0. The Morgan fingerprint density at radius 2 is 2.00 bits per heavy atom. The Morgan fingerprint density at radius 1 is 1.45 bits per heavy atom. The molecule has 1 rings (SSSR count). The van der Waals surface area contributed by atoms with Gasteiger partial charge >= 0.3 is 0 Å². The highest BCUT2D eigenvalue weighted by Gasteiger charge is 2.51. The van der Waals surface area contributed by atoms with Crippen molar-refractivity contribution in [2.75, 3.05) is 6.61 Å². The topological polar surface area (TPSA) is 90.2 Å². The lowest BCUT2D eigenvalue weighted by atomic mass is 10.1. The molecular formula is C6H12O5. The minimum absolute atomic E-state index is 0.665. The summed E-state index contributed by atoms with van der Waals surface area (Å²) in [5.74, 6) is -2.00. The summed E-state index contributed by atoms with van der Waals surface area (Å²) in [5.41, 5.74) is 0. The molecule has 1 heterocycles. The third-order valence-electron chi connectivity index (χ3n) is 1.88. The van der Waals surface area contributed by atoms with E-state index in [0.29, 0.717) is 0 Å². The van der Waals surface area contributed by atoms with Gasteiger partial charge in [-0.25, -0.2) is 0 Å². The first-order valence-electron chi connectivity index (χ1n) is 3.38. The van der Waals surface area contributed by atoms with Gasteiger partial charge in [0.1, 0.15) is 12.2 Å². The second-order valence-electron chi connectivity index (χ2n) is 2.76. The minimum atomic E-state index is -2.00. The van der Waals surface area contributed by atoms with E-state index in [0.717, 1.165) is 0 Å². The van der Waals surface area contributed by atoms with Crippen LogP contribution in [0.15, 0.2) is 0 Å². The molecule has 0 spiro atoms. The largest absolute Gasteiger partial charge is 0.391 e. The zero-order valence-electron chi connectivity index (χ0n) is 6.14. The van der Waals surface area contributed by atoms with Crippen molar-refractivity contribution in [3.8, 4) is 0 Å². The average molecular weight is 164 g/mol. The molecule has 11 heavy (non-hydrogen) atoms. The van der Waals surface area contributed by atoms with Gasteiger partial charge < -0.3 is 25.2 Å². The monoisotopic (exact) mass is 164 g/mol. The van der Waals surface area contributed by atoms with E-state index in [1.165, 1.54) is 6.92 Å². The highest BCUT2D eigenvalue weighted by Crippen LogP contribution is 2.28. The Bertz CT molecular complexity index is 150. The number of rotatable bonds is 1. The number of hydrogen-bond acceptors (Lipinski definition) is 5. The fourth-order valence-corrected chi connectivity index (χ4v) is 1.12. The summed E-state index contributed by atoms with van der Waals surface area (Å²) < 4.78 is 4.73. The van der Waals surface area contributed by atoms with Gasteiger partial charge in [-0.2, -0.15) is 0 Å². The number of aliphatic hydroxyl groups is 4. The Morgan fingerprint density at radius 3 is 2.18 bits per heavy atom.